The molecule has 1 heterocycles. The van der Waals surface area contributed by atoms with E-state index in [-0.39, 0.29) is 18.1 Å². The minimum atomic E-state index is -0.962. The number of carbonyl (C=O) groups is 1. The van der Waals surface area contributed by atoms with Crippen LogP contribution in [-0.2, 0) is 6.54 Å². The predicted molar refractivity (Wildman–Crippen MR) is 53.7 cm³/mol. The molecular formula is C7H11ClN2O2S. The number of thiazole rings is 1. The van der Waals surface area contributed by atoms with Gasteiger partial charge in [-0.3, -0.25) is 0 Å². The van der Waals surface area contributed by atoms with Gasteiger partial charge in [0.1, 0.15) is 5.01 Å². The number of carboxylic acid groups (broad SMARTS) is 1. The summed E-state index contributed by atoms with van der Waals surface area (Å²) in [6.07, 6.45) is 0. The van der Waals surface area contributed by atoms with E-state index in [4.69, 9.17) is 5.11 Å². The number of rotatable bonds is 3. The first-order valence-corrected chi connectivity index (χ1v) is 4.30. The minimum absolute atomic E-state index is 0. The first-order valence-electron chi connectivity index (χ1n) is 3.42. The van der Waals surface area contributed by atoms with Crippen LogP contribution < -0.4 is 0 Å². The van der Waals surface area contributed by atoms with E-state index in [1.807, 2.05) is 19.0 Å². The van der Waals surface area contributed by atoms with Crippen LogP contribution in [0.15, 0.2) is 5.38 Å². The molecule has 0 aliphatic rings. The highest BCUT2D eigenvalue weighted by Gasteiger charge is 2.08. The smallest absolute Gasteiger partial charge is 0.355 e. The molecule has 0 saturated heterocycles. The maximum absolute atomic E-state index is 10.4. The van der Waals surface area contributed by atoms with Crippen LogP contribution in [0.1, 0.15) is 15.5 Å². The third-order valence-electron chi connectivity index (χ3n) is 1.22. The van der Waals surface area contributed by atoms with Crippen molar-refractivity contribution in [3.63, 3.8) is 0 Å². The first kappa shape index (κ1) is 12.3. The first-order chi connectivity index (χ1) is 5.59. The molecule has 0 amide bonds. The van der Waals surface area contributed by atoms with Gasteiger partial charge >= 0.3 is 5.97 Å². The molecular weight excluding hydrogens is 212 g/mol. The van der Waals surface area contributed by atoms with Crippen LogP contribution in [0.3, 0.4) is 0 Å². The molecule has 0 spiro atoms. The van der Waals surface area contributed by atoms with Crippen molar-refractivity contribution in [2.45, 2.75) is 6.54 Å². The molecule has 0 unspecified atom stereocenters. The highest BCUT2D eigenvalue weighted by Crippen LogP contribution is 2.10. The third kappa shape index (κ3) is 3.71. The summed E-state index contributed by atoms with van der Waals surface area (Å²) in [5.41, 5.74) is 0.136. The topological polar surface area (TPSA) is 53.4 Å². The van der Waals surface area contributed by atoms with Crippen LogP contribution in [0.5, 0.6) is 0 Å². The van der Waals surface area contributed by atoms with Crippen molar-refractivity contribution in [1.82, 2.24) is 9.88 Å². The molecule has 0 saturated carbocycles. The summed E-state index contributed by atoms with van der Waals surface area (Å²) in [4.78, 5) is 16.3. The highest BCUT2D eigenvalue weighted by atomic mass is 35.5. The molecule has 1 N–H and O–H groups in total. The van der Waals surface area contributed by atoms with Crippen molar-refractivity contribution < 1.29 is 9.90 Å². The van der Waals surface area contributed by atoms with Crippen LogP contribution in [0, 0.1) is 0 Å². The highest BCUT2D eigenvalue weighted by molar-refractivity contribution is 7.09. The van der Waals surface area contributed by atoms with Crippen molar-refractivity contribution in [3.05, 3.63) is 16.1 Å². The molecule has 1 aromatic heterocycles. The molecule has 0 fully saturated rings. The monoisotopic (exact) mass is 222 g/mol. The average molecular weight is 223 g/mol. The van der Waals surface area contributed by atoms with Gasteiger partial charge in [0, 0.05) is 11.9 Å². The Morgan fingerprint density at radius 3 is 2.69 bits per heavy atom. The fourth-order valence-electron chi connectivity index (χ4n) is 0.752. The molecule has 6 heteroatoms. The van der Waals surface area contributed by atoms with Crippen LogP contribution in [0.4, 0.5) is 0 Å². The fraction of sp³-hybridized carbons (Fsp3) is 0.429. The molecule has 1 rings (SSSR count). The van der Waals surface area contributed by atoms with E-state index >= 15 is 0 Å². The lowest BCUT2D eigenvalue weighted by molar-refractivity contribution is 0.0691. The largest absolute Gasteiger partial charge is 0.476 e. The fourth-order valence-corrected chi connectivity index (χ4v) is 1.64. The van der Waals surface area contributed by atoms with E-state index in [1.165, 1.54) is 11.3 Å². The molecule has 74 valence electrons. The lowest BCUT2D eigenvalue weighted by Crippen LogP contribution is -2.10. The molecule has 0 radical (unpaired) electrons. The van der Waals surface area contributed by atoms with Gasteiger partial charge in [-0.2, -0.15) is 0 Å². The van der Waals surface area contributed by atoms with Gasteiger partial charge in [0.05, 0.1) is 0 Å². The lowest BCUT2D eigenvalue weighted by atomic mass is 10.5. The van der Waals surface area contributed by atoms with E-state index in [0.29, 0.717) is 6.54 Å². The van der Waals surface area contributed by atoms with Gasteiger partial charge in [0.15, 0.2) is 5.69 Å². The van der Waals surface area contributed by atoms with E-state index in [0.717, 1.165) is 5.01 Å². The van der Waals surface area contributed by atoms with Crippen molar-refractivity contribution in [3.8, 4) is 0 Å². The second kappa shape index (κ2) is 5.16. The summed E-state index contributed by atoms with van der Waals surface area (Å²) in [6.45, 7) is 0.692. The zero-order valence-corrected chi connectivity index (χ0v) is 8.98. The molecule has 13 heavy (non-hydrogen) atoms. The Kier molecular flexibility index (Phi) is 4.90. The van der Waals surface area contributed by atoms with Gasteiger partial charge in [-0.25, -0.2) is 9.78 Å². The van der Waals surface area contributed by atoms with Gasteiger partial charge < -0.3 is 10.0 Å². The maximum atomic E-state index is 10.4. The number of aromatic carboxylic acids is 1. The Balaban J connectivity index is 0.00000144. The van der Waals surface area contributed by atoms with E-state index in [1.54, 1.807) is 5.38 Å². The predicted octanol–water partition coefficient (Wildman–Crippen LogP) is 1.32. The van der Waals surface area contributed by atoms with Crippen molar-refractivity contribution >= 4 is 29.7 Å². The number of hydrogen-bond donors (Lipinski definition) is 1. The molecule has 1 aromatic rings. The molecule has 0 aliphatic carbocycles. The standard InChI is InChI=1S/C7H10N2O2S.ClH/c1-9(2)3-6-8-5(4-12-6)7(10)11;/h4H,3H2,1-2H3,(H,10,11);1H. The summed E-state index contributed by atoms with van der Waals surface area (Å²) >= 11 is 1.37. The average Bonchev–Trinajstić information content (AvgIpc) is 2.34. The second-order valence-corrected chi connectivity index (χ2v) is 3.61. The van der Waals surface area contributed by atoms with Crippen LogP contribution in [0.25, 0.3) is 0 Å². The Labute approximate surface area is 86.6 Å². The Bertz CT molecular complexity index is 288. The van der Waals surface area contributed by atoms with E-state index in [2.05, 4.69) is 4.98 Å². The molecule has 4 nitrogen and oxygen atoms in total. The van der Waals surface area contributed by atoms with E-state index in [9.17, 15) is 4.79 Å². The van der Waals surface area contributed by atoms with Crippen molar-refractivity contribution in [1.29, 1.82) is 0 Å². The zero-order chi connectivity index (χ0) is 9.14. The van der Waals surface area contributed by atoms with Gasteiger partial charge in [-0.15, -0.1) is 23.7 Å². The SMILES string of the molecule is CN(C)Cc1nc(C(=O)O)cs1.Cl. The van der Waals surface area contributed by atoms with E-state index < -0.39 is 5.97 Å². The van der Waals surface area contributed by atoms with Gasteiger partial charge in [0.25, 0.3) is 0 Å². The Morgan fingerprint density at radius 2 is 2.31 bits per heavy atom. The third-order valence-corrected chi connectivity index (χ3v) is 2.06. The van der Waals surface area contributed by atoms with Crippen molar-refractivity contribution in [2.75, 3.05) is 14.1 Å². The number of halogens is 1. The summed E-state index contributed by atoms with van der Waals surface area (Å²) in [7, 11) is 3.84. The summed E-state index contributed by atoms with van der Waals surface area (Å²) < 4.78 is 0. The van der Waals surface area contributed by atoms with Crippen LogP contribution in [-0.4, -0.2) is 35.1 Å². The van der Waals surface area contributed by atoms with Gasteiger partial charge in [-0.05, 0) is 14.1 Å². The second-order valence-electron chi connectivity index (χ2n) is 2.67. The Morgan fingerprint density at radius 1 is 1.69 bits per heavy atom. The minimum Gasteiger partial charge on any atom is -0.476 e. The number of carboxylic acids is 1. The quantitative estimate of drug-likeness (QED) is 0.838. The molecule has 0 aromatic carbocycles. The summed E-state index contributed by atoms with van der Waals surface area (Å²) in [5.74, 6) is -0.962. The van der Waals surface area contributed by atoms with Crippen LogP contribution in [0.2, 0.25) is 0 Å². The maximum Gasteiger partial charge on any atom is 0.355 e. The van der Waals surface area contributed by atoms with Gasteiger partial charge in [-0.1, -0.05) is 0 Å². The normalized spacial score (nSPS) is 9.77. The number of aromatic nitrogens is 1. The zero-order valence-electron chi connectivity index (χ0n) is 7.35. The molecule has 0 bridgehead atoms. The summed E-state index contributed by atoms with van der Waals surface area (Å²) in [6, 6.07) is 0. The number of hydrogen-bond acceptors (Lipinski definition) is 4. The molecule has 0 atom stereocenters. The number of nitrogens with zero attached hydrogens (tertiary/aromatic N) is 2. The Hall–Kier alpha value is -0.650. The summed E-state index contributed by atoms with van der Waals surface area (Å²) in [5, 5.41) is 11.0. The van der Waals surface area contributed by atoms with Gasteiger partial charge in [0.2, 0.25) is 0 Å². The lowest BCUT2D eigenvalue weighted by Gasteiger charge is -2.04. The van der Waals surface area contributed by atoms with Crippen molar-refractivity contribution in [2.24, 2.45) is 0 Å². The van der Waals surface area contributed by atoms with Crippen LogP contribution >= 0.6 is 23.7 Å². The molecule has 0 aliphatic heterocycles.